The van der Waals surface area contributed by atoms with E-state index in [0.717, 1.165) is 5.56 Å². The molecule has 2 aromatic rings. The standard InChI is InChI=1S/C14H12N4O/c15-9-12-2-1-3-13(8-12)18-14(19)17-10-11-4-6-16-7-5-11/h1-8H,10H2,(H2,17,18,19). The Morgan fingerprint density at radius 1 is 1.26 bits per heavy atom. The maximum absolute atomic E-state index is 11.7. The Kier molecular flexibility index (Phi) is 4.09. The lowest BCUT2D eigenvalue weighted by Crippen LogP contribution is -2.28. The molecule has 0 saturated carbocycles. The van der Waals surface area contributed by atoms with Crippen LogP contribution in [0.15, 0.2) is 48.8 Å². The van der Waals surface area contributed by atoms with Gasteiger partial charge in [0, 0.05) is 24.6 Å². The summed E-state index contributed by atoms with van der Waals surface area (Å²) in [6.07, 6.45) is 3.34. The fourth-order valence-electron chi connectivity index (χ4n) is 1.52. The third-order valence-electron chi connectivity index (χ3n) is 2.45. The minimum Gasteiger partial charge on any atom is -0.334 e. The number of pyridine rings is 1. The van der Waals surface area contributed by atoms with Crippen LogP contribution in [0, 0.1) is 11.3 Å². The van der Waals surface area contributed by atoms with Crippen molar-refractivity contribution in [3.63, 3.8) is 0 Å². The van der Waals surface area contributed by atoms with Gasteiger partial charge < -0.3 is 10.6 Å². The molecule has 94 valence electrons. The van der Waals surface area contributed by atoms with Crippen LogP contribution in [0.2, 0.25) is 0 Å². The third-order valence-corrected chi connectivity index (χ3v) is 2.45. The van der Waals surface area contributed by atoms with Crippen molar-refractivity contribution in [2.24, 2.45) is 0 Å². The first-order chi connectivity index (χ1) is 9.28. The molecule has 1 aromatic carbocycles. The number of nitriles is 1. The lowest BCUT2D eigenvalue weighted by Gasteiger charge is -2.07. The van der Waals surface area contributed by atoms with E-state index in [1.807, 2.05) is 18.2 Å². The Bertz CT molecular complexity index is 604. The molecular weight excluding hydrogens is 240 g/mol. The van der Waals surface area contributed by atoms with Gasteiger partial charge in [0.15, 0.2) is 0 Å². The van der Waals surface area contributed by atoms with E-state index in [0.29, 0.717) is 17.8 Å². The molecule has 0 fully saturated rings. The number of carbonyl (C=O) groups is 1. The number of hydrogen-bond acceptors (Lipinski definition) is 3. The van der Waals surface area contributed by atoms with Gasteiger partial charge >= 0.3 is 6.03 Å². The van der Waals surface area contributed by atoms with Gasteiger partial charge in [-0.05, 0) is 35.9 Å². The molecule has 0 aliphatic carbocycles. The van der Waals surface area contributed by atoms with Crippen LogP contribution < -0.4 is 10.6 Å². The zero-order valence-electron chi connectivity index (χ0n) is 10.1. The molecule has 0 aliphatic heterocycles. The van der Waals surface area contributed by atoms with Crippen LogP contribution in [0.1, 0.15) is 11.1 Å². The second-order valence-electron chi connectivity index (χ2n) is 3.86. The number of urea groups is 1. The summed E-state index contributed by atoms with van der Waals surface area (Å²) in [6, 6.07) is 12.1. The molecular formula is C14H12N4O. The summed E-state index contributed by atoms with van der Waals surface area (Å²) in [7, 11) is 0. The predicted molar refractivity (Wildman–Crippen MR) is 71.3 cm³/mol. The van der Waals surface area contributed by atoms with Crippen LogP contribution in [-0.4, -0.2) is 11.0 Å². The number of rotatable bonds is 3. The van der Waals surface area contributed by atoms with E-state index in [2.05, 4.69) is 15.6 Å². The smallest absolute Gasteiger partial charge is 0.319 e. The number of amides is 2. The van der Waals surface area contributed by atoms with E-state index in [1.165, 1.54) is 0 Å². The van der Waals surface area contributed by atoms with Crippen molar-refractivity contribution in [3.05, 3.63) is 59.9 Å². The molecule has 1 aromatic heterocycles. The molecule has 0 unspecified atom stereocenters. The number of hydrogen-bond donors (Lipinski definition) is 2. The summed E-state index contributed by atoms with van der Waals surface area (Å²) in [5.74, 6) is 0. The lowest BCUT2D eigenvalue weighted by molar-refractivity contribution is 0.251. The van der Waals surface area contributed by atoms with Gasteiger partial charge in [0.2, 0.25) is 0 Å². The van der Waals surface area contributed by atoms with Gasteiger partial charge in [0.05, 0.1) is 11.6 Å². The van der Waals surface area contributed by atoms with Crippen LogP contribution >= 0.6 is 0 Å². The summed E-state index contributed by atoms with van der Waals surface area (Å²) in [6.45, 7) is 0.423. The molecule has 2 rings (SSSR count). The Hall–Kier alpha value is -2.87. The van der Waals surface area contributed by atoms with E-state index < -0.39 is 0 Å². The van der Waals surface area contributed by atoms with Crippen molar-refractivity contribution in [1.82, 2.24) is 10.3 Å². The molecule has 0 aliphatic rings. The molecule has 0 saturated heterocycles. The van der Waals surface area contributed by atoms with Crippen molar-refractivity contribution in [2.45, 2.75) is 6.54 Å². The Morgan fingerprint density at radius 2 is 2.05 bits per heavy atom. The van der Waals surface area contributed by atoms with Crippen LogP contribution in [0.3, 0.4) is 0 Å². The van der Waals surface area contributed by atoms with Crippen LogP contribution in [-0.2, 0) is 6.54 Å². The van der Waals surface area contributed by atoms with Gasteiger partial charge in [0.1, 0.15) is 0 Å². The molecule has 2 amide bonds. The van der Waals surface area contributed by atoms with Crippen molar-refractivity contribution in [2.75, 3.05) is 5.32 Å². The maximum Gasteiger partial charge on any atom is 0.319 e. The molecule has 0 radical (unpaired) electrons. The number of benzene rings is 1. The summed E-state index contributed by atoms with van der Waals surface area (Å²) in [5.41, 5.74) is 2.06. The molecule has 0 bridgehead atoms. The minimum atomic E-state index is -0.313. The van der Waals surface area contributed by atoms with E-state index in [-0.39, 0.29) is 6.03 Å². The van der Waals surface area contributed by atoms with Crippen molar-refractivity contribution >= 4 is 11.7 Å². The zero-order valence-corrected chi connectivity index (χ0v) is 10.1. The first-order valence-electron chi connectivity index (χ1n) is 5.72. The quantitative estimate of drug-likeness (QED) is 0.879. The third kappa shape index (κ3) is 3.82. The lowest BCUT2D eigenvalue weighted by atomic mass is 10.2. The Balaban J connectivity index is 1.89. The topological polar surface area (TPSA) is 77.8 Å². The van der Waals surface area contributed by atoms with E-state index in [4.69, 9.17) is 5.26 Å². The highest BCUT2D eigenvalue weighted by atomic mass is 16.2. The van der Waals surface area contributed by atoms with Gasteiger partial charge in [-0.1, -0.05) is 6.07 Å². The van der Waals surface area contributed by atoms with Crippen LogP contribution in [0.4, 0.5) is 10.5 Å². The largest absolute Gasteiger partial charge is 0.334 e. The second-order valence-corrected chi connectivity index (χ2v) is 3.86. The minimum absolute atomic E-state index is 0.313. The molecule has 1 heterocycles. The molecule has 5 heteroatoms. The molecule has 5 nitrogen and oxygen atoms in total. The molecule has 19 heavy (non-hydrogen) atoms. The summed E-state index contributed by atoms with van der Waals surface area (Å²) in [5, 5.41) is 14.2. The molecule has 0 spiro atoms. The highest BCUT2D eigenvalue weighted by Crippen LogP contribution is 2.09. The number of anilines is 1. The van der Waals surface area contributed by atoms with E-state index >= 15 is 0 Å². The van der Waals surface area contributed by atoms with Gasteiger partial charge in [-0.25, -0.2) is 4.79 Å². The van der Waals surface area contributed by atoms with E-state index in [1.54, 1.807) is 36.7 Å². The molecule has 0 atom stereocenters. The highest BCUT2D eigenvalue weighted by Gasteiger charge is 2.02. The van der Waals surface area contributed by atoms with Crippen LogP contribution in [0.5, 0.6) is 0 Å². The second kappa shape index (κ2) is 6.17. The van der Waals surface area contributed by atoms with Gasteiger partial charge in [0.25, 0.3) is 0 Å². The number of nitrogens with zero attached hydrogens (tertiary/aromatic N) is 2. The molecule has 2 N–H and O–H groups in total. The summed E-state index contributed by atoms with van der Waals surface area (Å²) >= 11 is 0. The van der Waals surface area contributed by atoms with Crippen molar-refractivity contribution < 1.29 is 4.79 Å². The SMILES string of the molecule is N#Cc1cccc(NC(=O)NCc2ccncc2)c1. The average Bonchev–Trinajstić information content (AvgIpc) is 2.46. The number of carbonyl (C=O) groups excluding carboxylic acids is 1. The first-order valence-corrected chi connectivity index (χ1v) is 5.72. The summed E-state index contributed by atoms with van der Waals surface area (Å²) in [4.78, 5) is 15.6. The summed E-state index contributed by atoms with van der Waals surface area (Å²) < 4.78 is 0. The zero-order chi connectivity index (χ0) is 13.5. The highest BCUT2D eigenvalue weighted by molar-refractivity contribution is 5.89. The fourth-order valence-corrected chi connectivity index (χ4v) is 1.52. The van der Waals surface area contributed by atoms with Crippen molar-refractivity contribution in [1.29, 1.82) is 5.26 Å². The number of aromatic nitrogens is 1. The Labute approximate surface area is 110 Å². The van der Waals surface area contributed by atoms with Crippen LogP contribution in [0.25, 0.3) is 0 Å². The normalized spacial score (nSPS) is 9.42. The predicted octanol–water partition coefficient (Wildman–Crippen LogP) is 2.27. The maximum atomic E-state index is 11.7. The first kappa shape index (κ1) is 12.6. The van der Waals surface area contributed by atoms with Crippen molar-refractivity contribution in [3.8, 4) is 6.07 Å². The van der Waals surface area contributed by atoms with Gasteiger partial charge in [-0.15, -0.1) is 0 Å². The van der Waals surface area contributed by atoms with Gasteiger partial charge in [-0.2, -0.15) is 5.26 Å². The van der Waals surface area contributed by atoms with E-state index in [9.17, 15) is 4.79 Å². The fraction of sp³-hybridized carbons (Fsp3) is 0.0714. The monoisotopic (exact) mass is 252 g/mol. The van der Waals surface area contributed by atoms with Gasteiger partial charge in [-0.3, -0.25) is 4.98 Å². The average molecular weight is 252 g/mol. The number of nitrogens with one attached hydrogen (secondary N) is 2. The Morgan fingerprint density at radius 3 is 2.79 bits per heavy atom.